The molecule has 0 bridgehead atoms. The number of hydrogen-bond donors (Lipinski definition) is 0. The molecule has 4 nitrogen and oxygen atoms in total. The summed E-state index contributed by atoms with van der Waals surface area (Å²) in [5, 5.41) is 0. The Morgan fingerprint density at radius 2 is 1.95 bits per heavy atom. The Hall–Kier alpha value is -2.14. The monoisotopic (exact) mass is 302 g/mol. The number of rotatable bonds is 5. The molecule has 0 unspecified atom stereocenters. The second-order valence-corrected chi connectivity index (χ2v) is 5.37. The number of nitrogens with zero attached hydrogens (tertiary/aromatic N) is 2. The Labute approximate surface area is 128 Å². The molecule has 1 aromatic carbocycles. The molecular formula is C16H18N2O2S. The van der Waals surface area contributed by atoms with Gasteiger partial charge in [-0.2, -0.15) is 0 Å². The Bertz CT molecular complexity index is 754. The van der Waals surface area contributed by atoms with Gasteiger partial charge in [0, 0.05) is 6.20 Å². The molecule has 0 aliphatic carbocycles. The minimum absolute atomic E-state index is 0.130. The fourth-order valence-corrected chi connectivity index (χ4v) is 2.48. The molecule has 1 heterocycles. The van der Waals surface area contributed by atoms with Gasteiger partial charge in [0.25, 0.3) is 0 Å². The molecule has 0 spiro atoms. The van der Waals surface area contributed by atoms with Crippen LogP contribution in [0.1, 0.15) is 16.7 Å². The number of aromatic nitrogens is 2. The molecule has 5 heteroatoms. The van der Waals surface area contributed by atoms with Gasteiger partial charge >= 0.3 is 5.69 Å². The highest BCUT2D eigenvalue weighted by Gasteiger charge is 2.05. The maximum absolute atomic E-state index is 12.4. The summed E-state index contributed by atoms with van der Waals surface area (Å²) in [6, 6.07) is 7.95. The molecule has 0 fully saturated rings. The van der Waals surface area contributed by atoms with Crippen LogP contribution in [0.25, 0.3) is 0 Å². The van der Waals surface area contributed by atoms with Crippen LogP contribution >= 0.6 is 12.2 Å². The average Bonchev–Trinajstić information content (AvgIpc) is 2.41. The molecule has 0 saturated carbocycles. The first-order valence-corrected chi connectivity index (χ1v) is 7.02. The van der Waals surface area contributed by atoms with Gasteiger partial charge in [0.2, 0.25) is 0 Å². The SMILES string of the molecule is C=COCn1ccc(=S)n(Cc2cc(C)cc(C)c2)c1=O. The topological polar surface area (TPSA) is 36.2 Å². The van der Waals surface area contributed by atoms with Crippen LogP contribution in [0, 0.1) is 18.5 Å². The fourth-order valence-electron chi connectivity index (χ4n) is 2.28. The molecule has 0 aliphatic heterocycles. The molecule has 21 heavy (non-hydrogen) atoms. The predicted molar refractivity (Wildman–Crippen MR) is 85.8 cm³/mol. The van der Waals surface area contributed by atoms with Gasteiger partial charge < -0.3 is 4.74 Å². The molecule has 2 rings (SSSR count). The molecule has 0 radical (unpaired) electrons. The molecule has 0 N–H and O–H groups in total. The minimum Gasteiger partial charge on any atom is -0.481 e. The van der Waals surface area contributed by atoms with Crippen molar-refractivity contribution in [2.45, 2.75) is 27.1 Å². The lowest BCUT2D eigenvalue weighted by molar-refractivity contribution is 0.169. The van der Waals surface area contributed by atoms with Crippen LogP contribution in [0.4, 0.5) is 0 Å². The number of benzene rings is 1. The molecule has 0 atom stereocenters. The van der Waals surface area contributed by atoms with E-state index < -0.39 is 0 Å². The Kier molecular flexibility index (Phi) is 4.75. The van der Waals surface area contributed by atoms with Crippen molar-refractivity contribution in [3.8, 4) is 0 Å². The minimum atomic E-state index is -0.191. The standard InChI is InChI=1S/C16H18N2O2S/c1-4-20-11-17-6-5-15(21)18(16(17)19)10-14-8-12(2)7-13(3)9-14/h4-9H,1,10-11H2,2-3H3. The summed E-state index contributed by atoms with van der Waals surface area (Å²) in [5.41, 5.74) is 3.21. The third kappa shape index (κ3) is 3.70. The van der Waals surface area contributed by atoms with E-state index in [2.05, 4.69) is 24.8 Å². The third-order valence-electron chi connectivity index (χ3n) is 3.09. The molecule has 2 aromatic rings. The van der Waals surface area contributed by atoms with Crippen molar-refractivity contribution < 1.29 is 4.74 Å². The van der Waals surface area contributed by atoms with Crippen molar-refractivity contribution in [1.29, 1.82) is 0 Å². The van der Waals surface area contributed by atoms with Crippen molar-refractivity contribution in [3.63, 3.8) is 0 Å². The largest absolute Gasteiger partial charge is 0.481 e. The van der Waals surface area contributed by atoms with E-state index in [9.17, 15) is 4.79 Å². The van der Waals surface area contributed by atoms with Crippen molar-refractivity contribution in [2.75, 3.05) is 0 Å². The van der Waals surface area contributed by atoms with E-state index in [1.54, 1.807) is 16.8 Å². The van der Waals surface area contributed by atoms with Gasteiger partial charge in [-0.3, -0.25) is 9.13 Å². The van der Waals surface area contributed by atoms with Gasteiger partial charge in [-0.15, -0.1) is 0 Å². The quantitative estimate of drug-likeness (QED) is 0.629. The van der Waals surface area contributed by atoms with E-state index in [0.717, 1.165) is 5.56 Å². The zero-order valence-corrected chi connectivity index (χ0v) is 13.0. The zero-order chi connectivity index (χ0) is 15.4. The predicted octanol–water partition coefficient (Wildman–Crippen LogP) is 3.16. The highest BCUT2D eigenvalue weighted by Crippen LogP contribution is 2.10. The zero-order valence-electron chi connectivity index (χ0n) is 12.2. The lowest BCUT2D eigenvalue weighted by Gasteiger charge is -2.11. The lowest BCUT2D eigenvalue weighted by Crippen LogP contribution is -2.31. The lowest BCUT2D eigenvalue weighted by atomic mass is 10.1. The van der Waals surface area contributed by atoms with E-state index in [0.29, 0.717) is 11.2 Å². The first-order valence-electron chi connectivity index (χ1n) is 6.61. The highest BCUT2D eigenvalue weighted by molar-refractivity contribution is 7.71. The van der Waals surface area contributed by atoms with Gasteiger partial charge in [0.05, 0.1) is 12.8 Å². The first-order chi connectivity index (χ1) is 10.0. The van der Waals surface area contributed by atoms with Gasteiger partial charge in [0.15, 0.2) is 6.73 Å². The molecule has 0 saturated heterocycles. The third-order valence-corrected chi connectivity index (χ3v) is 3.45. The van der Waals surface area contributed by atoms with Crippen molar-refractivity contribution >= 4 is 12.2 Å². The van der Waals surface area contributed by atoms with Gasteiger partial charge in [-0.1, -0.05) is 48.1 Å². The molecule has 1 aromatic heterocycles. The average molecular weight is 302 g/mol. The van der Waals surface area contributed by atoms with Crippen molar-refractivity contribution in [3.05, 3.63) is 75.1 Å². The number of ether oxygens (including phenoxy) is 1. The summed E-state index contributed by atoms with van der Waals surface area (Å²) >= 11 is 5.27. The first kappa shape index (κ1) is 15.3. The van der Waals surface area contributed by atoms with E-state index in [4.69, 9.17) is 17.0 Å². The van der Waals surface area contributed by atoms with E-state index in [1.165, 1.54) is 22.0 Å². The fraction of sp³-hybridized carbons (Fsp3) is 0.250. The molecule has 0 aliphatic rings. The van der Waals surface area contributed by atoms with Crippen LogP contribution in [-0.4, -0.2) is 9.13 Å². The Balaban J connectivity index is 2.41. The summed E-state index contributed by atoms with van der Waals surface area (Å²) in [5.74, 6) is 0. The summed E-state index contributed by atoms with van der Waals surface area (Å²) in [7, 11) is 0. The van der Waals surface area contributed by atoms with E-state index in [-0.39, 0.29) is 12.4 Å². The summed E-state index contributed by atoms with van der Waals surface area (Å²) in [6.45, 7) is 8.13. The highest BCUT2D eigenvalue weighted by atomic mass is 32.1. The van der Waals surface area contributed by atoms with Gasteiger partial charge in [0.1, 0.15) is 4.64 Å². The van der Waals surface area contributed by atoms with E-state index >= 15 is 0 Å². The molecular weight excluding hydrogens is 284 g/mol. The second-order valence-electron chi connectivity index (χ2n) is 4.95. The van der Waals surface area contributed by atoms with Crippen LogP contribution in [0.3, 0.4) is 0 Å². The van der Waals surface area contributed by atoms with Crippen LogP contribution in [0.15, 0.2) is 48.1 Å². The summed E-state index contributed by atoms with van der Waals surface area (Å²) < 4.78 is 8.60. The number of aryl methyl sites for hydroxylation is 2. The van der Waals surface area contributed by atoms with E-state index in [1.807, 2.05) is 13.8 Å². The van der Waals surface area contributed by atoms with Crippen LogP contribution in [0.2, 0.25) is 0 Å². The van der Waals surface area contributed by atoms with Gasteiger partial charge in [-0.05, 0) is 25.5 Å². The summed E-state index contributed by atoms with van der Waals surface area (Å²) in [6.07, 6.45) is 2.94. The maximum atomic E-state index is 12.4. The number of hydrogen-bond acceptors (Lipinski definition) is 3. The molecule has 0 amide bonds. The van der Waals surface area contributed by atoms with Crippen LogP contribution in [0.5, 0.6) is 0 Å². The smallest absolute Gasteiger partial charge is 0.332 e. The van der Waals surface area contributed by atoms with Crippen LogP contribution in [-0.2, 0) is 18.0 Å². The molecule has 110 valence electrons. The summed E-state index contributed by atoms with van der Waals surface area (Å²) in [4.78, 5) is 12.4. The normalized spacial score (nSPS) is 10.4. The van der Waals surface area contributed by atoms with Gasteiger partial charge in [-0.25, -0.2) is 4.79 Å². The van der Waals surface area contributed by atoms with Crippen LogP contribution < -0.4 is 5.69 Å². The second kappa shape index (κ2) is 6.54. The van der Waals surface area contributed by atoms with Crippen molar-refractivity contribution in [1.82, 2.24) is 9.13 Å². The maximum Gasteiger partial charge on any atom is 0.332 e. The Morgan fingerprint density at radius 3 is 2.57 bits per heavy atom. The Morgan fingerprint density at radius 1 is 1.29 bits per heavy atom. The van der Waals surface area contributed by atoms with Crippen molar-refractivity contribution in [2.24, 2.45) is 0 Å².